The molecule has 4 nitrogen and oxygen atoms in total. The highest BCUT2D eigenvalue weighted by molar-refractivity contribution is 5.49. The number of nitrogens with one attached hydrogen (secondary N) is 1. The van der Waals surface area contributed by atoms with Crippen molar-refractivity contribution < 1.29 is 9.13 Å². The third-order valence-corrected chi connectivity index (χ3v) is 2.87. The maximum absolute atomic E-state index is 13.2. The van der Waals surface area contributed by atoms with Crippen LogP contribution in [0.3, 0.4) is 0 Å². The van der Waals surface area contributed by atoms with Crippen molar-refractivity contribution in [2.45, 2.75) is 26.7 Å². The van der Waals surface area contributed by atoms with E-state index >= 15 is 0 Å². The van der Waals surface area contributed by atoms with Crippen molar-refractivity contribution in [3.05, 3.63) is 41.5 Å². The molecule has 0 radical (unpaired) electrons. The molecule has 106 valence electrons. The molecule has 5 heteroatoms. The maximum atomic E-state index is 13.2. The first-order valence-corrected chi connectivity index (χ1v) is 6.62. The van der Waals surface area contributed by atoms with Gasteiger partial charge in [-0.1, -0.05) is 13.0 Å². The fourth-order valence-electron chi connectivity index (χ4n) is 1.86. The van der Waals surface area contributed by atoms with Crippen molar-refractivity contribution in [1.82, 2.24) is 9.97 Å². The zero-order valence-electron chi connectivity index (χ0n) is 11.9. The first-order chi connectivity index (χ1) is 9.63. The summed E-state index contributed by atoms with van der Waals surface area (Å²) in [5, 5.41) is 3.03. The Balaban J connectivity index is 2.36. The maximum Gasteiger partial charge on any atom is 0.227 e. The zero-order valence-corrected chi connectivity index (χ0v) is 11.9. The second-order valence-electron chi connectivity index (χ2n) is 4.48. The van der Waals surface area contributed by atoms with Gasteiger partial charge in [-0.2, -0.15) is 4.98 Å². The van der Waals surface area contributed by atoms with E-state index in [0.29, 0.717) is 17.5 Å². The van der Waals surface area contributed by atoms with Gasteiger partial charge in [-0.3, -0.25) is 0 Å². The molecular formula is C15H18FN3O. The van der Waals surface area contributed by atoms with E-state index in [1.807, 2.05) is 6.92 Å². The molecule has 2 rings (SSSR count). The Morgan fingerprint density at radius 3 is 2.75 bits per heavy atom. The Morgan fingerprint density at radius 1 is 1.30 bits per heavy atom. The molecule has 0 aliphatic heterocycles. The average Bonchev–Trinajstić information content (AvgIpc) is 2.42. The van der Waals surface area contributed by atoms with Gasteiger partial charge in [0.15, 0.2) is 0 Å². The smallest absolute Gasteiger partial charge is 0.227 e. The van der Waals surface area contributed by atoms with Crippen LogP contribution in [-0.4, -0.2) is 17.0 Å². The molecule has 1 N–H and O–H groups in total. The lowest BCUT2D eigenvalue weighted by Crippen LogP contribution is -2.05. The third kappa shape index (κ3) is 3.23. The van der Waals surface area contributed by atoms with Crippen LogP contribution in [0, 0.1) is 12.7 Å². The van der Waals surface area contributed by atoms with E-state index in [1.54, 1.807) is 19.2 Å². The molecule has 0 aliphatic rings. The Morgan fingerprint density at radius 2 is 2.10 bits per heavy atom. The summed E-state index contributed by atoms with van der Waals surface area (Å²) in [7, 11) is 1.80. The summed E-state index contributed by atoms with van der Waals surface area (Å²) in [4.78, 5) is 8.82. The van der Waals surface area contributed by atoms with Crippen LogP contribution >= 0.6 is 0 Å². The summed E-state index contributed by atoms with van der Waals surface area (Å²) in [6, 6.07) is 6.01. The number of hydrogen-bond donors (Lipinski definition) is 1. The highest BCUT2D eigenvalue weighted by Crippen LogP contribution is 2.27. The molecule has 0 spiro atoms. The van der Waals surface area contributed by atoms with E-state index < -0.39 is 0 Å². The predicted molar refractivity (Wildman–Crippen MR) is 76.8 cm³/mol. The minimum absolute atomic E-state index is 0.336. The van der Waals surface area contributed by atoms with Crippen molar-refractivity contribution in [2.75, 3.05) is 12.4 Å². The average molecular weight is 275 g/mol. The lowest BCUT2D eigenvalue weighted by molar-refractivity contribution is 0.450. The molecule has 1 heterocycles. The van der Waals surface area contributed by atoms with Gasteiger partial charge in [-0.05, 0) is 25.5 Å². The van der Waals surface area contributed by atoms with Crippen LogP contribution in [-0.2, 0) is 6.42 Å². The first kappa shape index (κ1) is 14.2. The van der Waals surface area contributed by atoms with E-state index in [2.05, 4.69) is 22.2 Å². The van der Waals surface area contributed by atoms with Crippen molar-refractivity contribution in [3.63, 3.8) is 0 Å². The molecule has 0 aliphatic carbocycles. The number of aryl methyl sites for hydroxylation is 1. The zero-order chi connectivity index (χ0) is 14.5. The Bertz CT molecular complexity index is 602. The molecule has 1 aromatic carbocycles. The van der Waals surface area contributed by atoms with Gasteiger partial charge in [0.1, 0.15) is 23.2 Å². The van der Waals surface area contributed by atoms with E-state index in [-0.39, 0.29) is 5.82 Å². The third-order valence-electron chi connectivity index (χ3n) is 2.87. The first-order valence-electron chi connectivity index (χ1n) is 6.62. The fourth-order valence-corrected chi connectivity index (χ4v) is 1.86. The molecule has 2 aromatic rings. The lowest BCUT2D eigenvalue weighted by atomic mass is 10.2. The van der Waals surface area contributed by atoms with Crippen LogP contribution in [0.2, 0.25) is 0 Å². The van der Waals surface area contributed by atoms with Gasteiger partial charge in [-0.25, -0.2) is 9.37 Å². The number of hydrogen-bond acceptors (Lipinski definition) is 4. The quantitative estimate of drug-likeness (QED) is 0.903. The Kier molecular flexibility index (Phi) is 4.50. The number of aromatic nitrogens is 2. The van der Waals surface area contributed by atoms with Gasteiger partial charge < -0.3 is 10.1 Å². The molecule has 0 unspecified atom stereocenters. The van der Waals surface area contributed by atoms with E-state index in [0.717, 1.165) is 24.2 Å². The standard InChI is InChI=1S/C15H18FN3O/c1-4-6-13-18-14(17-3)10(2)15(19-13)20-12-8-5-7-11(16)9-12/h5,7-9H,4,6H2,1-3H3,(H,17,18,19). The lowest BCUT2D eigenvalue weighted by Gasteiger charge is -2.12. The number of ether oxygens (including phenoxy) is 1. The summed E-state index contributed by atoms with van der Waals surface area (Å²) in [6.07, 6.45) is 1.72. The fraction of sp³-hybridized carbons (Fsp3) is 0.333. The summed E-state index contributed by atoms with van der Waals surface area (Å²) in [5.41, 5.74) is 0.802. The summed E-state index contributed by atoms with van der Waals surface area (Å²) in [6.45, 7) is 3.94. The number of benzene rings is 1. The molecule has 0 saturated heterocycles. The van der Waals surface area contributed by atoms with Crippen LogP contribution in [0.25, 0.3) is 0 Å². The monoisotopic (exact) mass is 275 g/mol. The molecule has 0 fully saturated rings. The molecule has 0 atom stereocenters. The minimum Gasteiger partial charge on any atom is -0.438 e. The van der Waals surface area contributed by atoms with Crippen LogP contribution in [0.15, 0.2) is 24.3 Å². The van der Waals surface area contributed by atoms with Gasteiger partial charge in [0.2, 0.25) is 5.88 Å². The predicted octanol–water partition coefficient (Wildman–Crippen LogP) is 3.71. The Hall–Kier alpha value is -2.17. The van der Waals surface area contributed by atoms with Crippen molar-refractivity contribution in [3.8, 4) is 11.6 Å². The van der Waals surface area contributed by atoms with Gasteiger partial charge in [0, 0.05) is 19.5 Å². The SMILES string of the molecule is CCCc1nc(NC)c(C)c(Oc2cccc(F)c2)n1. The normalized spacial score (nSPS) is 10.4. The highest BCUT2D eigenvalue weighted by Gasteiger charge is 2.12. The topological polar surface area (TPSA) is 47.0 Å². The second kappa shape index (κ2) is 6.32. The minimum atomic E-state index is -0.336. The van der Waals surface area contributed by atoms with E-state index in [4.69, 9.17) is 4.74 Å². The number of rotatable bonds is 5. The molecule has 0 saturated carbocycles. The Labute approximate surface area is 118 Å². The van der Waals surface area contributed by atoms with Crippen LogP contribution < -0.4 is 10.1 Å². The van der Waals surface area contributed by atoms with Gasteiger partial charge in [0.25, 0.3) is 0 Å². The second-order valence-corrected chi connectivity index (χ2v) is 4.48. The van der Waals surface area contributed by atoms with Gasteiger partial charge >= 0.3 is 0 Å². The van der Waals surface area contributed by atoms with Crippen LogP contribution in [0.4, 0.5) is 10.2 Å². The molecular weight excluding hydrogens is 257 g/mol. The molecule has 0 amide bonds. The van der Waals surface area contributed by atoms with E-state index in [9.17, 15) is 4.39 Å². The molecule has 1 aromatic heterocycles. The largest absolute Gasteiger partial charge is 0.438 e. The van der Waals surface area contributed by atoms with Crippen molar-refractivity contribution in [1.29, 1.82) is 0 Å². The van der Waals surface area contributed by atoms with Crippen LogP contribution in [0.1, 0.15) is 24.7 Å². The van der Waals surface area contributed by atoms with E-state index in [1.165, 1.54) is 12.1 Å². The van der Waals surface area contributed by atoms with Crippen molar-refractivity contribution in [2.24, 2.45) is 0 Å². The summed E-state index contributed by atoms with van der Waals surface area (Å²) in [5.74, 6) is 2.00. The number of halogens is 1. The number of nitrogens with zero attached hydrogens (tertiary/aromatic N) is 2. The molecule has 20 heavy (non-hydrogen) atoms. The summed E-state index contributed by atoms with van der Waals surface area (Å²) >= 11 is 0. The highest BCUT2D eigenvalue weighted by atomic mass is 19.1. The molecule has 0 bridgehead atoms. The van der Waals surface area contributed by atoms with Gasteiger partial charge in [0.05, 0.1) is 5.56 Å². The summed E-state index contributed by atoms with van der Waals surface area (Å²) < 4.78 is 18.9. The van der Waals surface area contributed by atoms with Crippen LogP contribution in [0.5, 0.6) is 11.6 Å². The number of anilines is 1. The van der Waals surface area contributed by atoms with Crippen molar-refractivity contribution >= 4 is 5.82 Å². The van der Waals surface area contributed by atoms with Gasteiger partial charge in [-0.15, -0.1) is 0 Å².